The van der Waals surface area contributed by atoms with E-state index in [2.05, 4.69) is 29.8 Å². The summed E-state index contributed by atoms with van der Waals surface area (Å²) in [6, 6.07) is 8.25. The minimum Gasteiger partial charge on any atom is -0.351 e. The zero-order chi connectivity index (χ0) is 22.5. The van der Waals surface area contributed by atoms with Gasteiger partial charge >= 0.3 is 0 Å². The number of fused-ring (bicyclic) bond motifs is 3. The number of hydrogen-bond acceptors (Lipinski definition) is 4. The summed E-state index contributed by atoms with van der Waals surface area (Å²) in [6.45, 7) is 7.39. The number of aromatic nitrogens is 1. The largest absolute Gasteiger partial charge is 0.351 e. The Morgan fingerprint density at radius 3 is 2.84 bits per heavy atom. The molecule has 3 aromatic rings. The van der Waals surface area contributed by atoms with Crippen molar-refractivity contribution < 1.29 is 9.59 Å². The van der Waals surface area contributed by atoms with Gasteiger partial charge in [-0.05, 0) is 54.1 Å². The quantitative estimate of drug-likeness (QED) is 0.536. The van der Waals surface area contributed by atoms with Crippen LogP contribution in [0, 0.1) is 11.8 Å². The Kier molecular flexibility index (Phi) is 5.66. The van der Waals surface area contributed by atoms with Crippen molar-refractivity contribution in [3.8, 4) is 0 Å². The molecule has 0 saturated heterocycles. The standard InChI is InChI=1S/C25H31N3O2S2/c1-4-17-7-5-9-19(16(17)2)26-24(30)25(3)15-27-20-10-12-32-22(20)13-21(27)23(29)28(25)14-18-8-6-11-31-18/h6,8,10-13,16-17,19H,4-5,7,9,14-15H2,1-3H3,(H,26,30). The molecule has 4 heterocycles. The van der Waals surface area contributed by atoms with Crippen molar-refractivity contribution in [2.75, 3.05) is 0 Å². The highest BCUT2D eigenvalue weighted by atomic mass is 32.1. The molecule has 0 bridgehead atoms. The van der Waals surface area contributed by atoms with E-state index in [0.29, 0.717) is 30.6 Å². The summed E-state index contributed by atoms with van der Waals surface area (Å²) in [4.78, 5) is 30.5. The maximum atomic E-state index is 13.9. The SMILES string of the molecule is CCC1CCCC(NC(=O)C2(C)Cn3c(cc4sccc43)C(=O)N2Cc2cccs2)C1C. The minimum absolute atomic E-state index is 0.0289. The van der Waals surface area contributed by atoms with E-state index in [1.807, 2.05) is 35.9 Å². The van der Waals surface area contributed by atoms with E-state index >= 15 is 0 Å². The summed E-state index contributed by atoms with van der Waals surface area (Å²) in [5, 5.41) is 7.47. The van der Waals surface area contributed by atoms with Crippen LogP contribution >= 0.6 is 22.7 Å². The molecule has 32 heavy (non-hydrogen) atoms. The highest BCUT2D eigenvalue weighted by Gasteiger charge is 2.48. The Hall–Kier alpha value is -2.12. The van der Waals surface area contributed by atoms with E-state index in [0.717, 1.165) is 34.4 Å². The van der Waals surface area contributed by atoms with E-state index < -0.39 is 5.54 Å². The van der Waals surface area contributed by atoms with Crippen molar-refractivity contribution in [1.82, 2.24) is 14.8 Å². The van der Waals surface area contributed by atoms with Crippen molar-refractivity contribution in [2.24, 2.45) is 11.8 Å². The average Bonchev–Trinajstić information content (AvgIpc) is 3.51. The van der Waals surface area contributed by atoms with Crippen LogP contribution in [0.15, 0.2) is 35.0 Å². The monoisotopic (exact) mass is 469 g/mol. The molecule has 0 radical (unpaired) electrons. The molecule has 170 valence electrons. The first-order chi connectivity index (χ1) is 15.4. The third-order valence-electron chi connectivity index (χ3n) is 7.74. The second-order valence-electron chi connectivity index (χ2n) is 9.57. The van der Waals surface area contributed by atoms with Gasteiger partial charge in [0.15, 0.2) is 0 Å². The molecule has 1 fully saturated rings. The molecule has 1 saturated carbocycles. The molecule has 1 aliphatic heterocycles. The van der Waals surface area contributed by atoms with Gasteiger partial charge in [-0.2, -0.15) is 0 Å². The van der Waals surface area contributed by atoms with Crippen LogP contribution in [0.4, 0.5) is 0 Å². The number of carbonyl (C=O) groups excluding carboxylic acids is 2. The summed E-state index contributed by atoms with van der Waals surface area (Å²) in [6.07, 6.45) is 4.56. The van der Waals surface area contributed by atoms with Crippen molar-refractivity contribution in [1.29, 1.82) is 0 Å². The fourth-order valence-electron chi connectivity index (χ4n) is 5.64. The van der Waals surface area contributed by atoms with Crippen LogP contribution in [0.25, 0.3) is 10.2 Å². The number of amides is 2. The molecular formula is C25H31N3O2S2. The summed E-state index contributed by atoms with van der Waals surface area (Å²) in [5.74, 6) is 1.02. The minimum atomic E-state index is -0.944. The Labute approximate surface area is 197 Å². The predicted molar refractivity (Wildman–Crippen MR) is 131 cm³/mol. The molecule has 1 aliphatic carbocycles. The van der Waals surface area contributed by atoms with Crippen molar-refractivity contribution >= 4 is 44.7 Å². The van der Waals surface area contributed by atoms with Crippen LogP contribution in [0.1, 0.15) is 61.8 Å². The fourth-order valence-corrected chi connectivity index (χ4v) is 7.15. The lowest BCUT2D eigenvalue weighted by molar-refractivity contribution is -0.134. The molecule has 5 nitrogen and oxygen atoms in total. The van der Waals surface area contributed by atoms with Gasteiger partial charge in [-0.15, -0.1) is 22.7 Å². The lowest BCUT2D eigenvalue weighted by Crippen LogP contribution is -2.65. The van der Waals surface area contributed by atoms with Gasteiger partial charge in [0.25, 0.3) is 5.91 Å². The zero-order valence-corrected chi connectivity index (χ0v) is 20.6. The molecule has 4 atom stereocenters. The molecule has 1 N–H and O–H groups in total. The van der Waals surface area contributed by atoms with Crippen molar-refractivity contribution in [3.63, 3.8) is 0 Å². The first kappa shape index (κ1) is 21.7. The lowest BCUT2D eigenvalue weighted by Gasteiger charge is -2.45. The Balaban J connectivity index is 1.50. The van der Waals surface area contributed by atoms with Gasteiger partial charge in [-0.25, -0.2) is 0 Å². The third-order valence-corrected chi connectivity index (χ3v) is 9.46. The molecule has 7 heteroatoms. The average molecular weight is 470 g/mol. The molecule has 0 aromatic carbocycles. The maximum absolute atomic E-state index is 13.9. The number of nitrogens with zero attached hydrogens (tertiary/aromatic N) is 2. The molecule has 5 rings (SSSR count). The molecule has 2 amide bonds. The highest BCUT2D eigenvalue weighted by Crippen LogP contribution is 2.37. The number of nitrogens with one attached hydrogen (secondary N) is 1. The van der Waals surface area contributed by atoms with E-state index in [4.69, 9.17) is 0 Å². The van der Waals surface area contributed by atoms with Gasteiger partial charge in [0.05, 0.1) is 23.3 Å². The summed E-state index contributed by atoms with van der Waals surface area (Å²) in [5.41, 5.74) is 0.789. The normalized spacial score (nSPS) is 28.2. The predicted octanol–water partition coefficient (Wildman–Crippen LogP) is 5.51. The van der Waals surface area contributed by atoms with Gasteiger partial charge < -0.3 is 14.8 Å². The number of hydrogen-bond donors (Lipinski definition) is 1. The highest BCUT2D eigenvalue weighted by molar-refractivity contribution is 7.17. The van der Waals surface area contributed by atoms with E-state index in [-0.39, 0.29) is 17.9 Å². The number of thiophene rings is 2. The first-order valence-corrected chi connectivity index (χ1v) is 13.4. The zero-order valence-electron chi connectivity index (χ0n) is 19.0. The van der Waals surface area contributed by atoms with Crippen LogP contribution in [-0.4, -0.2) is 32.9 Å². The van der Waals surface area contributed by atoms with Crippen molar-refractivity contribution in [3.05, 3.63) is 45.6 Å². The first-order valence-electron chi connectivity index (χ1n) is 11.6. The lowest BCUT2D eigenvalue weighted by atomic mass is 9.75. The second kappa shape index (κ2) is 8.34. The van der Waals surface area contributed by atoms with Gasteiger partial charge in [-0.3, -0.25) is 9.59 Å². The topological polar surface area (TPSA) is 54.3 Å². The van der Waals surface area contributed by atoms with Crippen LogP contribution in [0.5, 0.6) is 0 Å². The van der Waals surface area contributed by atoms with Gasteiger partial charge in [0, 0.05) is 10.9 Å². The van der Waals surface area contributed by atoms with Gasteiger partial charge in [0.2, 0.25) is 5.91 Å². The smallest absolute Gasteiger partial charge is 0.271 e. The number of rotatable bonds is 5. The van der Waals surface area contributed by atoms with Crippen LogP contribution in [0.3, 0.4) is 0 Å². The Bertz CT molecular complexity index is 1130. The van der Waals surface area contributed by atoms with Crippen LogP contribution in [-0.2, 0) is 17.9 Å². The molecule has 4 unspecified atom stereocenters. The fraction of sp³-hybridized carbons (Fsp3) is 0.520. The second-order valence-corrected chi connectivity index (χ2v) is 11.5. The summed E-state index contributed by atoms with van der Waals surface area (Å²) >= 11 is 3.27. The Morgan fingerprint density at radius 1 is 1.25 bits per heavy atom. The van der Waals surface area contributed by atoms with Crippen molar-refractivity contribution in [2.45, 2.75) is 71.1 Å². The molecular weight excluding hydrogens is 438 g/mol. The summed E-state index contributed by atoms with van der Waals surface area (Å²) < 4.78 is 3.15. The molecule has 3 aromatic heterocycles. The molecule has 2 aliphatic rings. The van der Waals surface area contributed by atoms with E-state index in [9.17, 15) is 9.59 Å². The third kappa shape index (κ3) is 3.50. The maximum Gasteiger partial charge on any atom is 0.271 e. The Morgan fingerprint density at radius 2 is 2.09 bits per heavy atom. The summed E-state index contributed by atoms with van der Waals surface area (Å²) in [7, 11) is 0. The van der Waals surface area contributed by atoms with E-state index in [1.165, 1.54) is 6.42 Å². The van der Waals surface area contributed by atoms with Crippen LogP contribution < -0.4 is 5.32 Å². The van der Waals surface area contributed by atoms with Gasteiger partial charge in [-0.1, -0.05) is 39.2 Å². The van der Waals surface area contributed by atoms with Gasteiger partial charge in [0.1, 0.15) is 11.2 Å². The van der Waals surface area contributed by atoms with E-state index in [1.54, 1.807) is 27.6 Å². The van der Waals surface area contributed by atoms with Crippen LogP contribution in [0.2, 0.25) is 0 Å². The number of carbonyl (C=O) groups is 2. The molecule has 0 spiro atoms.